The Kier molecular flexibility index (Phi) is 6.85. The van der Waals surface area contributed by atoms with E-state index in [0.29, 0.717) is 18.9 Å². The van der Waals surface area contributed by atoms with Crippen molar-refractivity contribution < 1.29 is 9.26 Å². The number of nitrogens with zero attached hydrogens (tertiary/aromatic N) is 3. The molecule has 1 aromatic rings. The summed E-state index contributed by atoms with van der Waals surface area (Å²) in [5, 5.41) is 3.96. The first-order valence-corrected chi connectivity index (χ1v) is 6.47. The molecule has 1 rings (SSSR count). The van der Waals surface area contributed by atoms with Gasteiger partial charge in [0.2, 0.25) is 5.89 Å². The highest BCUT2D eigenvalue weighted by molar-refractivity contribution is 4.89. The summed E-state index contributed by atoms with van der Waals surface area (Å²) in [5.74, 6) is 1.34. The smallest absolute Gasteiger partial charge is 0.228 e. The van der Waals surface area contributed by atoms with Crippen molar-refractivity contribution in [2.45, 2.75) is 32.7 Å². The molecule has 2 N–H and O–H groups in total. The standard InChI is InChI=1S/C12H24N4O2/c1-4-16(5-2)7-6-11-14-12(18-15-11)8-10(13)9-17-3/h10H,4-9,13H2,1-3H3. The van der Waals surface area contributed by atoms with E-state index in [-0.39, 0.29) is 6.04 Å². The van der Waals surface area contributed by atoms with Gasteiger partial charge in [0.05, 0.1) is 6.61 Å². The zero-order valence-electron chi connectivity index (χ0n) is 11.6. The quantitative estimate of drug-likeness (QED) is 0.692. The summed E-state index contributed by atoms with van der Waals surface area (Å²) in [4.78, 5) is 6.66. The van der Waals surface area contributed by atoms with Crippen LogP contribution in [-0.2, 0) is 17.6 Å². The normalized spacial score (nSPS) is 13.2. The predicted molar refractivity (Wildman–Crippen MR) is 69.3 cm³/mol. The van der Waals surface area contributed by atoms with Crippen molar-refractivity contribution in [1.29, 1.82) is 0 Å². The molecule has 0 fully saturated rings. The third-order valence-electron chi connectivity index (χ3n) is 2.87. The fourth-order valence-electron chi connectivity index (χ4n) is 1.77. The first-order valence-electron chi connectivity index (χ1n) is 6.47. The van der Waals surface area contributed by atoms with E-state index >= 15 is 0 Å². The lowest BCUT2D eigenvalue weighted by Crippen LogP contribution is -2.28. The molecular formula is C12H24N4O2. The SMILES string of the molecule is CCN(CC)CCc1noc(CC(N)COC)n1. The Labute approximate surface area is 108 Å². The number of likely N-dealkylation sites (N-methyl/N-ethyl adjacent to an activating group) is 1. The van der Waals surface area contributed by atoms with Crippen LogP contribution in [-0.4, -0.2) is 54.4 Å². The summed E-state index contributed by atoms with van der Waals surface area (Å²) >= 11 is 0. The van der Waals surface area contributed by atoms with E-state index in [9.17, 15) is 0 Å². The Balaban J connectivity index is 2.38. The number of aromatic nitrogens is 2. The maximum absolute atomic E-state index is 5.83. The lowest BCUT2D eigenvalue weighted by atomic mass is 10.2. The van der Waals surface area contributed by atoms with E-state index in [4.69, 9.17) is 15.0 Å². The van der Waals surface area contributed by atoms with Crippen LogP contribution in [0, 0.1) is 0 Å². The predicted octanol–water partition coefficient (Wildman–Crippen LogP) is 0.470. The van der Waals surface area contributed by atoms with Gasteiger partial charge in [0, 0.05) is 32.5 Å². The van der Waals surface area contributed by atoms with Gasteiger partial charge in [-0.05, 0) is 13.1 Å². The fourth-order valence-corrected chi connectivity index (χ4v) is 1.77. The van der Waals surface area contributed by atoms with Gasteiger partial charge in [-0.25, -0.2) is 0 Å². The molecule has 0 saturated heterocycles. The van der Waals surface area contributed by atoms with Crippen LogP contribution in [0.3, 0.4) is 0 Å². The molecule has 18 heavy (non-hydrogen) atoms. The average molecular weight is 256 g/mol. The molecule has 1 aromatic heterocycles. The van der Waals surface area contributed by atoms with Crippen LogP contribution in [0.15, 0.2) is 4.52 Å². The van der Waals surface area contributed by atoms with Crippen LogP contribution in [0.4, 0.5) is 0 Å². The van der Waals surface area contributed by atoms with Crippen LogP contribution in [0.25, 0.3) is 0 Å². The number of rotatable bonds is 9. The maximum Gasteiger partial charge on any atom is 0.228 e. The second kappa shape index (κ2) is 8.18. The molecule has 0 aliphatic rings. The zero-order valence-corrected chi connectivity index (χ0v) is 11.6. The molecule has 0 aliphatic carbocycles. The van der Waals surface area contributed by atoms with Crippen molar-refractivity contribution in [3.63, 3.8) is 0 Å². The van der Waals surface area contributed by atoms with Gasteiger partial charge < -0.3 is 19.9 Å². The Hall–Kier alpha value is -0.980. The van der Waals surface area contributed by atoms with Crippen LogP contribution in [0.2, 0.25) is 0 Å². The molecule has 6 heteroatoms. The summed E-state index contributed by atoms with van der Waals surface area (Å²) in [6.07, 6.45) is 1.37. The molecule has 0 saturated carbocycles. The first kappa shape index (κ1) is 15.1. The first-order chi connectivity index (χ1) is 8.69. The molecule has 1 atom stereocenters. The molecule has 0 bridgehead atoms. The largest absolute Gasteiger partial charge is 0.383 e. The molecule has 0 amide bonds. The van der Waals surface area contributed by atoms with Crippen LogP contribution in [0.5, 0.6) is 0 Å². The molecule has 0 radical (unpaired) electrons. The minimum absolute atomic E-state index is 0.0916. The van der Waals surface area contributed by atoms with Crippen molar-refractivity contribution in [1.82, 2.24) is 15.0 Å². The van der Waals surface area contributed by atoms with E-state index in [2.05, 4.69) is 28.9 Å². The van der Waals surface area contributed by atoms with Crippen LogP contribution < -0.4 is 5.73 Å². The highest BCUT2D eigenvalue weighted by Gasteiger charge is 2.11. The Bertz CT molecular complexity index is 326. The van der Waals surface area contributed by atoms with E-state index < -0.39 is 0 Å². The van der Waals surface area contributed by atoms with Gasteiger partial charge in [0.15, 0.2) is 5.82 Å². The van der Waals surface area contributed by atoms with Gasteiger partial charge in [0.1, 0.15) is 0 Å². The van der Waals surface area contributed by atoms with Gasteiger partial charge in [-0.15, -0.1) is 0 Å². The summed E-state index contributed by atoms with van der Waals surface area (Å²) in [5.41, 5.74) is 5.83. The highest BCUT2D eigenvalue weighted by atomic mass is 16.5. The van der Waals surface area contributed by atoms with Gasteiger partial charge in [-0.2, -0.15) is 4.98 Å². The van der Waals surface area contributed by atoms with E-state index in [1.165, 1.54) is 0 Å². The lowest BCUT2D eigenvalue weighted by Gasteiger charge is -2.16. The maximum atomic E-state index is 5.83. The van der Waals surface area contributed by atoms with Gasteiger partial charge in [0.25, 0.3) is 0 Å². The van der Waals surface area contributed by atoms with E-state index in [1.807, 2.05) is 0 Å². The van der Waals surface area contributed by atoms with Gasteiger partial charge in [-0.1, -0.05) is 19.0 Å². The summed E-state index contributed by atoms with van der Waals surface area (Å²) in [6.45, 7) is 7.83. The molecule has 6 nitrogen and oxygen atoms in total. The fraction of sp³-hybridized carbons (Fsp3) is 0.833. The molecule has 1 unspecified atom stereocenters. The minimum Gasteiger partial charge on any atom is -0.383 e. The number of ether oxygens (including phenoxy) is 1. The van der Waals surface area contributed by atoms with Crippen molar-refractivity contribution in [3.05, 3.63) is 11.7 Å². The van der Waals surface area contributed by atoms with Crippen LogP contribution >= 0.6 is 0 Å². The molecule has 104 valence electrons. The lowest BCUT2D eigenvalue weighted by molar-refractivity contribution is 0.176. The average Bonchev–Trinajstić information content (AvgIpc) is 2.78. The zero-order chi connectivity index (χ0) is 13.4. The number of hydrogen-bond acceptors (Lipinski definition) is 6. The Morgan fingerprint density at radius 1 is 1.39 bits per heavy atom. The number of methoxy groups -OCH3 is 1. The molecular weight excluding hydrogens is 232 g/mol. The van der Waals surface area contributed by atoms with Gasteiger partial charge >= 0.3 is 0 Å². The topological polar surface area (TPSA) is 77.4 Å². The van der Waals surface area contributed by atoms with Gasteiger partial charge in [-0.3, -0.25) is 0 Å². The van der Waals surface area contributed by atoms with Crippen molar-refractivity contribution in [2.24, 2.45) is 5.73 Å². The monoisotopic (exact) mass is 256 g/mol. The molecule has 1 heterocycles. The second-order valence-electron chi connectivity index (χ2n) is 4.30. The van der Waals surface area contributed by atoms with E-state index in [0.717, 1.165) is 31.9 Å². The third-order valence-corrected chi connectivity index (χ3v) is 2.87. The summed E-state index contributed by atoms with van der Waals surface area (Å²) < 4.78 is 10.1. The Morgan fingerprint density at radius 3 is 2.72 bits per heavy atom. The van der Waals surface area contributed by atoms with Crippen molar-refractivity contribution in [3.8, 4) is 0 Å². The Morgan fingerprint density at radius 2 is 2.11 bits per heavy atom. The number of hydrogen-bond donors (Lipinski definition) is 1. The molecule has 0 spiro atoms. The van der Waals surface area contributed by atoms with Crippen LogP contribution in [0.1, 0.15) is 25.6 Å². The van der Waals surface area contributed by atoms with E-state index in [1.54, 1.807) is 7.11 Å². The minimum atomic E-state index is -0.0916. The summed E-state index contributed by atoms with van der Waals surface area (Å²) in [7, 11) is 1.63. The van der Waals surface area contributed by atoms with Crippen molar-refractivity contribution >= 4 is 0 Å². The highest BCUT2D eigenvalue weighted by Crippen LogP contribution is 2.02. The summed E-state index contributed by atoms with van der Waals surface area (Å²) in [6, 6.07) is -0.0916. The third kappa shape index (κ3) is 5.12. The molecule has 0 aliphatic heterocycles. The second-order valence-corrected chi connectivity index (χ2v) is 4.30. The number of nitrogens with two attached hydrogens (primary N) is 1. The van der Waals surface area contributed by atoms with Crippen molar-refractivity contribution in [2.75, 3.05) is 33.4 Å². The molecule has 0 aromatic carbocycles.